The van der Waals surface area contributed by atoms with E-state index in [1.165, 1.54) is 0 Å². The van der Waals surface area contributed by atoms with Crippen LogP contribution in [0.2, 0.25) is 0 Å². The molecule has 1 amide bonds. The Morgan fingerprint density at radius 2 is 2.55 bits per heavy atom. The van der Waals surface area contributed by atoms with Crippen molar-refractivity contribution in [1.29, 1.82) is 0 Å². The van der Waals surface area contributed by atoms with Gasteiger partial charge in [0.15, 0.2) is 0 Å². The van der Waals surface area contributed by atoms with Gasteiger partial charge in [0.25, 0.3) is 0 Å². The van der Waals surface area contributed by atoms with Crippen molar-refractivity contribution in [3.8, 4) is 0 Å². The summed E-state index contributed by atoms with van der Waals surface area (Å²) in [6.07, 6.45) is 6.42. The highest BCUT2D eigenvalue weighted by molar-refractivity contribution is 5.73. The van der Waals surface area contributed by atoms with Gasteiger partial charge < -0.3 is 9.64 Å². The summed E-state index contributed by atoms with van der Waals surface area (Å²) in [6, 6.07) is 0.146. The molecule has 0 saturated carbocycles. The number of carbonyl (C=O) groups is 1. The summed E-state index contributed by atoms with van der Waals surface area (Å²) < 4.78 is 4.97. The van der Waals surface area contributed by atoms with Crippen LogP contribution in [0.25, 0.3) is 0 Å². The number of fused-ring (bicyclic) bond motifs is 1. The van der Waals surface area contributed by atoms with Crippen molar-refractivity contribution in [3.63, 3.8) is 0 Å². The molecule has 1 heterocycles. The highest BCUT2D eigenvalue weighted by atomic mass is 16.6. The normalized spacial score (nSPS) is 28.1. The van der Waals surface area contributed by atoms with Gasteiger partial charge in [-0.2, -0.15) is 0 Å². The quantitative estimate of drug-likeness (QED) is 0.522. The second-order valence-electron chi connectivity index (χ2n) is 2.73. The minimum Gasteiger partial charge on any atom is -0.412 e. The Bertz CT molecular complexity index is 255. The lowest BCUT2D eigenvalue weighted by molar-refractivity contribution is 0.173. The fraction of sp³-hybridized carbons (Fsp3) is 0.375. The molecule has 2 rings (SSSR count). The van der Waals surface area contributed by atoms with E-state index in [0.29, 0.717) is 0 Å². The van der Waals surface area contributed by atoms with Gasteiger partial charge in [0.1, 0.15) is 5.76 Å². The topological polar surface area (TPSA) is 29.5 Å². The van der Waals surface area contributed by atoms with Gasteiger partial charge in [0.05, 0.1) is 6.04 Å². The molecule has 58 valence electrons. The molecule has 0 spiro atoms. The van der Waals surface area contributed by atoms with Crippen LogP contribution >= 0.6 is 0 Å². The van der Waals surface area contributed by atoms with Crippen LogP contribution in [0.15, 0.2) is 24.0 Å². The van der Waals surface area contributed by atoms with Crippen LogP contribution in [0.1, 0.15) is 6.42 Å². The fourth-order valence-corrected chi connectivity index (χ4v) is 1.35. The van der Waals surface area contributed by atoms with Gasteiger partial charge in [-0.25, -0.2) is 4.79 Å². The molecule has 1 fully saturated rings. The molecular weight excluding hydrogens is 142 g/mol. The van der Waals surface area contributed by atoms with Crippen molar-refractivity contribution in [2.24, 2.45) is 0 Å². The predicted octanol–water partition coefficient (Wildman–Crippen LogP) is 1.28. The lowest BCUT2D eigenvalue weighted by Gasteiger charge is -2.15. The van der Waals surface area contributed by atoms with E-state index in [4.69, 9.17) is 4.74 Å². The van der Waals surface area contributed by atoms with E-state index in [1.54, 1.807) is 11.9 Å². The number of nitrogens with zero attached hydrogens (tertiary/aromatic N) is 1. The Kier molecular flexibility index (Phi) is 1.24. The molecule has 0 aromatic heterocycles. The monoisotopic (exact) mass is 151 g/mol. The SMILES string of the molecule is CN1C(=O)OC2=CC=CCC21. The van der Waals surface area contributed by atoms with Crippen LogP contribution in [-0.4, -0.2) is 24.1 Å². The van der Waals surface area contributed by atoms with Gasteiger partial charge in [-0.3, -0.25) is 0 Å². The van der Waals surface area contributed by atoms with E-state index < -0.39 is 0 Å². The summed E-state index contributed by atoms with van der Waals surface area (Å²) in [5, 5.41) is 0. The van der Waals surface area contributed by atoms with Crippen LogP contribution in [0.3, 0.4) is 0 Å². The van der Waals surface area contributed by atoms with Gasteiger partial charge in [0.2, 0.25) is 0 Å². The van der Waals surface area contributed by atoms with E-state index in [2.05, 4.69) is 0 Å². The third-order valence-corrected chi connectivity index (χ3v) is 2.04. The summed E-state index contributed by atoms with van der Waals surface area (Å²) >= 11 is 0. The first kappa shape index (κ1) is 6.46. The van der Waals surface area contributed by atoms with Crippen molar-refractivity contribution >= 4 is 6.09 Å². The number of likely N-dealkylation sites (N-methyl/N-ethyl adjacent to an activating group) is 1. The van der Waals surface area contributed by atoms with Gasteiger partial charge in [0, 0.05) is 7.05 Å². The maximum Gasteiger partial charge on any atom is 0.415 e. The number of allylic oxidation sites excluding steroid dienone is 2. The van der Waals surface area contributed by atoms with Crippen LogP contribution in [0.4, 0.5) is 4.79 Å². The summed E-state index contributed by atoms with van der Waals surface area (Å²) in [6.45, 7) is 0. The third kappa shape index (κ3) is 0.843. The van der Waals surface area contributed by atoms with Gasteiger partial charge in [-0.05, 0) is 12.5 Å². The van der Waals surface area contributed by atoms with Crippen molar-refractivity contribution < 1.29 is 9.53 Å². The standard InChI is InChI=1S/C8H9NO2/c1-9-6-4-2-3-5-7(6)11-8(9)10/h2-3,5-6H,4H2,1H3. The number of amides is 1. The Morgan fingerprint density at radius 1 is 1.73 bits per heavy atom. The van der Waals surface area contributed by atoms with Crippen molar-refractivity contribution in [1.82, 2.24) is 4.90 Å². The lowest BCUT2D eigenvalue weighted by atomic mass is 10.1. The summed E-state index contributed by atoms with van der Waals surface area (Å²) in [5.41, 5.74) is 0. The zero-order valence-corrected chi connectivity index (χ0v) is 6.28. The minimum atomic E-state index is -0.245. The minimum absolute atomic E-state index is 0.146. The van der Waals surface area contributed by atoms with E-state index >= 15 is 0 Å². The zero-order valence-electron chi connectivity index (χ0n) is 6.28. The molecule has 2 aliphatic rings. The Morgan fingerprint density at radius 3 is 3.27 bits per heavy atom. The maximum absolute atomic E-state index is 11.0. The average molecular weight is 151 g/mol. The second-order valence-corrected chi connectivity index (χ2v) is 2.73. The van der Waals surface area contributed by atoms with Gasteiger partial charge in [-0.15, -0.1) is 0 Å². The Balaban J connectivity index is 2.30. The molecular formula is C8H9NO2. The molecule has 1 atom stereocenters. The molecule has 3 heteroatoms. The molecule has 3 nitrogen and oxygen atoms in total. The number of ether oxygens (including phenoxy) is 1. The molecule has 1 unspecified atom stereocenters. The van der Waals surface area contributed by atoms with E-state index in [9.17, 15) is 4.79 Å². The number of hydrogen-bond donors (Lipinski definition) is 0. The number of rotatable bonds is 0. The second kappa shape index (κ2) is 2.12. The van der Waals surface area contributed by atoms with Crippen LogP contribution < -0.4 is 0 Å². The van der Waals surface area contributed by atoms with Crippen LogP contribution in [-0.2, 0) is 4.74 Å². The predicted molar refractivity (Wildman–Crippen MR) is 39.9 cm³/mol. The first-order chi connectivity index (χ1) is 5.29. The smallest absolute Gasteiger partial charge is 0.412 e. The Hall–Kier alpha value is -1.25. The molecule has 0 N–H and O–H groups in total. The van der Waals surface area contributed by atoms with Crippen molar-refractivity contribution in [3.05, 3.63) is 24.0 Å². The molecule has 0 bridgehead atoms. The average Bonchev–Trinajstić information content (AvgIpc) is 2.30. The first-order valence-corrected chi connectivity index (χ1v) is 3.60. The Labute approximate surface area is 64.9 Å². The van der Waals surface area contributed by atoms with Crippen LogP contribution in [0.5, 0.6) is 0 Å². The van der Waals surface area contributed by atoms with Crippen molar-refractivity contribution in [2.75, 3.05) is 7.05 Å². The highest BCUT2D eigenvalue weighted by Gasteiger charge is 2.34. The molecule has 1 saturated heterocycles. The number of carbonyl (C=O) groups excluding carboxylic acids is 1. The van der Waals surface area contributed by atoms with E-state index in [1.807, 2.05) is 18.2 Å². The summed E-state index contributed by atoms with van der Waals surface area (Å²) in [4.78, 5) is 12.6. The van der Waals surface area contributed by atoms with Crippen molar-refractivity contribution in [2.45, 2.75) is 12.5 Å². The molecule has 11 heavy (non-hydrogen) atoms. The fourth-order valence-electron chi connectivity index (χ4n) is 1.35. The van der Waals surface area contributed by atoms with E-state index in [0.717, 1.165) is 12.2 Å². The van der Waals surface area contributed by atoms with Gasteiger partial charge in [-0.1, -0.05) is 12.2 Å². The van der Waals surface area contributed by atoms with E-state index in [-0.39, 0.29) is 12.1 Å². The third-order valence-electron chi connectivity index (χ3n) is 2.04. The zero-order chi connectivity index (χ0) is 7.84. The molecule has 1 aliphatic heterocycles. The summed E-state index contributed by atoms with van der Waals surface area (Å²) in [7, 11) is 1.76. The van der Waals surface area contributed by atoms with Crippen LogP contribution in [0, 0.1) is 0 Å². The number of hydrogen-bond acceptors (Lipinski definition) is 2. The lowest BCUT2D eigenvalue weighted by Crippen LogP contribution is -2.28. The maximum atomic E-state index is 11.0. The molecule has 0 aromatic carbocycles. The molecule has 1 aliphatic carbocycles. The van der Waals surface area contributed by atoms with Gasteiger partial charge >= 0.3 is 6.09 Å². The molecule has 0 radical (unpaired) electrons. The molecule has 0 aromatic rings. The summed E-state index contributed by atoms with van der Waals surface area (Å²) in [5.74, 6) is 0.778. The largest absolute Gasteiger partial charge is 0.415 e. The highest BCUT2D eigenvalue weighted by Crippen LogP contribution is 2.26. The first-order valence-electron chi connectivity index (χ1n) is 3.60.